The van der Waals surface area contributed by atoms with Gasteiger partial charge >= 0.3 is 0 Å². The molecule has 1 amide bonds. The van der Waals surface area contributed by atoms with Crippen molar-refractivity contribution in [3.63, 3.8) is 0 Å². The van der Waals surface area contributed by atoms with Crippen molar-refractivity contribution in [1.82, 2.24) is 4.90 Å². The van der Waals surface area contributed by atoms with Gasteiger partial charge in [0.25, 0.3) is 11.7 Å². The highest BCUT2D eigenvalue weighted by atomic mass is 16.5. The summed E-state index contributed by atoms with van der Waals surface area (Å²) in [5.74, 6) is -0.284. The van der Waals surface area contributed by atoms with Crippen LogP contribution in [-0.2, 0) is 16.1 Å². The molecule has 6 heteroatoms. The number of carbonyl (C=O) groups excluding carboxylic acids is 2. The summed E-state index contributed by atoms with van der Waals surface area (Å²) in [7, 11) is 0. The number of unbranched alkanes of at least 4 members (excludes halogenated alkanes) is 1. The Morgan fingerprint density at radius 1 is 0.889 bits per heavy atom. The van der Waals surface area contributed by atoms with Gasteiger partial charge in [-0.2, -0.15) is 0 Å². The van der Waals surface area contributed by atoms with Crippen molar-refractivity contribution in [3.8, 4) is 11.5 Å². The highest BCUT2D eigenvalue weighted by Crippen LogP contribution is 2.41. The van der Waals surface area contributed by atoms with Crippen molar-refractivity contribution in [2.75, 3.05) is 13.2 Å². The maximum absolute atomic E-state index is 13.3. The molecule has 1 aliphatic rings. The lowest BCUT2D eigenvalue weighted by Gasteiger charge is -2.25. The Morgan fingerprint density at radius 3 is 2.33 bits per heavy atom. The van der Waals surface area contributed by atoms with Gasteiger partial charge < -0.3 is 19.5 Å². The molecule has 1 atom stereocenters. The lowest BCUT2D eigenvalue weighted by atomic mass is 9.95. The van der Waals surface area contributed by atoms with Crippen LogP contribution < -0.4 is 9.47 Å². The number of carbonyl (C=O) groups is 2. The van der Waals surface area contributed by atoms with Crippen LogP contribution in [0.5, 0.6) is 11.5 Å². The number of likely N-dealkylation sites (tertiary alicyclic amines) is 1. The summed E-state index contributed by atoms with van der Waals surface area (Å²) in [5, 5.41) is 11.3. The Bertz CT molecular complexity index is 1230. The minimum atomic E-state index is -0.745. The molecule has 36 heavy (non-hydrogen) atoms. The van der Waals surface area contributed by atoms with Crippen LogP contribution in [0.3, 0.4) is 0 Å². The average Bonchev–Trinajstić information content (AvgIpc) is 3.15. The summed E-state index contributed by atoms with van der Waals surface area (Å²) < 4.78 is 11.3. The first-order valence-corrected chi connectivity index (χ1v) is 12.3. The molecule has 0 spiro atoms. The van der Waals surface area contributed by atoms with E-state index in [1.807, 2.05) is 61.5 Å². The van der Waals surface area contributed by atoms with Crippen LogP contribution in [0.1, 0.15) is 49.4 Å². The molecule has 186 valence electrons. The number of rotatable bonds is 10. The van der Waals surface area contributed by atoms with E-state index in [9.17, 15) is 14.7 Å². The normalized spacial score (nSPS) is 16.8. The van der Waals surface area contributed by atoms with Crippen molar-refractivity contribution in [1.29, 1.82) is 0 Å². The number of aliphatic hydroxyl groups excluding tert-OH is 1. The molecule has 1 N–H and O–H groups in total. The largest absolute Gasteiger partial charge is 0.507 e. The van der Waals surface area contributed by atoms with Crippen LogP contribution >= 0.6 is 0 Å². The van der Waals surface area contributed by atoms with Gasteiger partial charge in [0, 0.05) is 12.1 Å². The highest BCUT2D eigenvalue weighted by molar-refractivity contribution is 6.46. The molecule has 3 aromatic rings. The molecule has 1 aliphatic heterocycles. The molecule has 3 aromatic carbocycles. The molecule has 0 saturated carbocycles. The summed E-state index contributed by atoms with van der Waals surface area (Å²) >= 11 is 0. The number of benzene rings is 3. The summed E-state index contributed by atoms with van der Waals surface area (Å²) in [6.45, 7) is 5.31. The fourth-order valence-corrected chi connectivity index (χ4v) is 4.31. The van der Waals surface area contributed by atoms with E-state index in [-0.39, 0.29) is 17.9 Å². The maximum Gasteiger partial charge on any atom is 0.295 e. The minimum Gasteiger partial charge on any atom is -0.507 e. The highest BCUT2D eigenvalue weighted by Gasteiger charge is 2.46. The summed E-state index contributed by atoms with van der Waals surface area (Å²) in [6.07, 6.45) is 2.00. The Morgan fingerprint density at radius 2 is 1.64 bits per heavy atom. The van der Waals surface area contributed by atoms with E-state index < -0.39 is 17.7 Å². The standard InChI is InChI=1S/C30H31NO5/c1-3-5-18-36-24-16-14-22(15-17-24)27-26(28(32)23-12-9-13-25(19-23)35-4-2)29(33)30(34)31(27)20-21-10-7-6-8-11-21/h6-17,19,27,32H,3-5,18,20H2,1-2H3/b28-26+. The molecule has 1 unspecified atom stereocenters. The van der Waals surface area contributed by atoms with Crippen molar-refractivity contribution in [2.24, 2.45) is 0 Å². The number of Topliss-reactive ketones (excluding diaryl/α,β-unsaturated/α-hetero) is 1. The predicted octanol–water partition coefficient (Wildman–Crippen LogP) is 5.89. The molecular weight excluding hydrogens is 454 g/mol. The number of hydrogen-bond donors (Lipinski definition) is 1. The summed E-state index contributed by atoms with van der Waals surface area (Å²) in [6, 6.07) is 23.0. The topological polar surface area (TPSA) is 76.1 Å². The van der Waals surface area contributed by atoms with Crippen LogP contribution in [-0.4, -0.2) is 34.9 Å². The second-order valence-corrected chi connectivity index (χ2v) is 8.64. The fraction of sp³-hybridized carbons (Fsp3) is 0.267. The van der Waals surface area contributed by atoms with Crippen LogP contribution in [0.2, 0.25) is 0 Å². The number of nitrogens with zero attached hydrogens (tertiary/aromatic N) is 1. The Kier molecular flexibility index (Phi) is 8.06. The first-order chi connectivity index (χ1) is 17.5. The minimum absolute atomic E-state index is 0.0595. The van der Waals surface area contributed by atoms with Crippen LogP contribution in [0.25, 0.3) is 5.76 Å². The van der Waals surface area contributed by atoms with Gasteiger partial charge in [-0.1, -0.05) is 67.9 Å². The Labute approximate surface area is 211 Å². The zero-order chi connectivity index (χ0) is 25.5. The molecule has 1 saturated heterocycles. The third kappa shape index (κ3) is 5.43. The lowest BCUT2D eigenvalue weighted by molar-refractivity contribution is -0.140. The van der Waals surface area contributed by atoms with Gasteiger partial charge in [0.1, 0.15) is 17.3 Å². The number of amides is 1. The molecule has 1 fully saturated rings. The second kappa shape index (κ2) is 11.6. The van der Waals surface area contributed by atoms with Gasteiger partial charge in [0.05, 0.1) is 24.8 Å². The van der Waals surface area contributed by atoms with E-state index in [4.69, 9.17) is 9.47 Å². The van der Waals surface area contributed by atoms with Gasteiger partial charge in [0.15, 0.2) is 0 Å². The Balaban J connectivity index is 1.77. The van der Waals surface area contributed by atoms with E-state index in [0.717, 1.165) is 29.7 Å². The SMILES string of the molecule is CCCCOc1ccc(C2/C(=C(\O)c3cccc(OCC)c3)C(=O)C(=O)N2Cc2ccccc2)cc1. The lowest BCUT2D eigenvalue weighted by Crippen LogP contribution is -2.29. The number of ether oxygens (including phenoxy) is 2. The van der Waals surface area contributed by atoms with Crippen LogP contribution in [0.4, 0.5) is 0 Å². The monoisotopic (exact) mass is 485 g/mol. The fourth-order valence-electron chi connectivity index (χ4n) is 4.31. The van der Waals surface area contributed by atoms with E-state index in [2.05, 4.69) is 6.92 Å². The smallest absolute Gasteiger partial charge is 0.295 e. The Hall–Kier alpha value is -4.06. The number of aliphatic hydroxyl groups is 1. The van der Waals surface area contributed by atoms with E-state index in [1.54, 1.807) is 24.3 Å². The molecule has 1 heterocycles. The predicted molar refractivity (Wildman–Crippen MR) is 139 cm³/mol. The molecule has 0 aliphatic carbocycles. The average molecular weight is 486 g/mol. The van der Waals surface area contributed by atoms with Gasteiger partial charge in [-0.15, -0.1) is 0 Å². The van der Waals surface area contributed by atoms with Crippen LogP contribution in [0, 0.1) is 0 Å². The van der Waals surface area contributed by atoms with E-state index >= 15 is 0 Å². The summed E-state index contributed by atoms with van der Waals surface area (Å²) in [5.41, 5.74) is 2.09. The quantitative estimate of drug-likeness (QED) is 0.168. The number of ketones is 1. The van der Waals surface area contributed by atoms with Crippen molar-refractivity contribution in [3.05, 3.63) is 101 Å². The molecule has 0 aromatic heterocycles. The van der Waals surface area contributed by atoms with Crippen molar-refractivity contribution >= 4 is 17.4 Å². The first-order valence-electron chi connectivity index (χ1n) is 12.3. The molecule has 0 bridgehead atoms. The van der Waals surface area contributed by atoms with Gasteiger partial charge in [-0.3, -0.25) is 9.59 Å². The number of hydrogen-bond acceptors (Lipinski definition) is 5. The molecular formula is C30H31NO5. The van der Waals surface area contributed by atoms with Gasteiger partial charge in [-0.05, 0) is 48.7 Å². The zero-order valence-electron chi connectivity index (χ0n) is 20.6. The first kappa shape index (κ1) is 25.0. The van der Waals surface area contributed by atoms with Crippen molar-refractivity contribution < 1.29 is 24.2 Å². The molecule has 6 nitrogen and oxygen atoms in total. The third-order valence-electron chi connectivity index (χ3n) is 6.12. The van der Waals surface area contributed by atoms with E-state index in [0.29, 0.717) is 24.5 Å². The molecule has 4 rings (SSSR count). The summed E-state index contributed by atoms with van der Waals surface area (Å²) in [4.78, 5) is 28.0. The molecule has 0 radical (unpaired) electrons. The van der Waals surface area contributed by atoms with Gasteiger partial charge in [0.2, 0.25) is 0 Å². The van der Waals surface area contributed by atoms with Gasteiger partial charge in [-0.25, -0.2) is 0 Å². The van der Waals surface area contributed by atoms with E-state index in [1.165, 1.54) is 4.90 Å². The zero-order valence-corrected chi connectivity index (χ0v) is 20.6. The second-order valence-electron chi connectivity index (χ2n) is 8.64. The van der Waals surface area contributed by atoms with Crippen molar-refractivity contribution in [2.45, 2.75) is 39.3 Å². The third-order valence-corrected chi connectivity index (χ3v) is 6.12. The van der Waals surface area contributed by atoms with Crippen LogP contribution in [0.15, 0.2) is 84.4 Å². The maximum atomic E-state index is 13.3.